The normalized spacial score (nSPS) is 11.6. The third-order valence-electron chi connectivity index (χ3n) is 3.41. The van der Waals surface area contributed by atoms with E-state index in [0.29, 0.717) is 5.56 Å². The van der Waals surface area contributed by atoms with Crippen LogP contribution in [0.15, 0.2) is 48.5 Å². The molecule has 0 aliphatic rings. The maximum Gasteiger partial charge on any atom is 0.407 e. The van der Waals surface area contributed by atoms with Crippen molar-refractivity contribution in [2.45, 2.75) is 26.0 Å². The van der Waals surface area contributed by atoms with Gasteiger partial charge in [-0.1, -0.05) is 42.5 Å². The molecule has 2 rings (SSSR count). The first kappa shape index (κ1) is 17.5. The fourth-order valence-electron chi connectivity index (χ4n) is 2.24. The summed E-state index contributed by atoms with van der Waals surface area (Å²) in [7, 11) is 0. The maximum absolute atomic E-state index is 14.1. The fourth-order valence-corrected chi connectivity index (χ4v) is 2.24. The van der Waals surface area contributed by atoms with Crippen LogP contribution in [0.2, 0.25) is 0 Å². The average Bonchev–Trinajstić information content (AvgIpc) is 2.53. The van der Waals surface area contributed by atoms with Crippen LogP contribution < -0.4 is 5.32 Å². The highest BCUT2D eigenvalue weighted by atomic mass is 19.1. The molecule has 0 aliphatic carbocycles. The Morgan fingerprint density at radius 1 is 1.21 bits per heavy atom. The lowest BCUT2D eigenvalue weighted by Crippen LogP contribution is -2.31. The highest BCUT2D eigenvalue weighted by molar-refractivity contribution is 5.72. The minimum absolute atomic E-state index is 0.0445. The molecule has 0 fully saturated rings. The van der Waals surface area contributed by atoms with Crippen LogP contribution in [0.3, 0.4) is 0 Å². The zero-order valence-corrected chi connectivity index (χ0v) is 13.2. The number of rotatable bonds is 6. The zero-order valence-electron chi connectivity index (χ0n) is 13.2. The number of ether oxygens (including phenoxy) is 1. The number of carboxylic acids is 1. The summed E-state index contributed by atoms with van der Waals surface area (Å²) in [6.07, 6.45) is -1.24. The Morgan fingerprint density at radius 3 is 2.54 bits per heavy atom. The average molecular weight is 331 g/mol. The number of amides is 1. The summed E-state index contributed by atoms with van der Waals surface area (Å²) < 4.78 is 19.1. The summed E-state index contributed by atoms with van der Waals surface area (Å²) >= 11 is 0. The van der Waals surface area contributed by atoms with Gasteiger partial charge in [-0.3, -0.25) is 4.79 Å². The molecule has 6 heteroatoms. The van der Waals surface area contributed by atoms with Crippen LogP contribution in [0.1, 0.15) is 29.2 Å². The lowest BCUT2D eigenvalue weighted by molar-refractivity contribution is -0.137. The molecule has 0 bridgehead atoms. The van der Waals surface area contributed by atoms with Crippen molar-refractivity contribution in [2.24, 2.45) is 0 Å². The molecule has 2 N–H and O–H groups in total. The van der Waals surface area contributed by atoms with Crippen LogP contribution in [0.4, 0.5) is 9.18 Å². The summed E-state index contributed by atoms with van der Waals surface area (Å²) in [5.41, 5.74) is 1.61. The number of aryl methyl sites for hydroxylation is 1. The van der Waals surface area contributed by atoms with E-state index in [1.807, 2.05) is 18.2 Å². The molecule has 126 valence electrons. The Labute approximate surface area is 139 Å². The van der Waals surface area contributed by atoms with Crippen molar-refractivity contribution in [3.05, 3.63) is 71.0 Å². The number of nitrogens with one attached hydrogen (secondary N) is 1. The van der Waals surface area contributed by atoms with Crippen LogP contribution in [0.25, 0.3) is 0 Å². The summed E-state index contributed by atoms with van der Waals surface area (Å²) in [5, 5.41) is 11.4. The first-order valence-corrected chi connectivity index (χ1v) is 7.41. The van der Waals surface area contributed by atoms with Crippen LogP contribution >= 0.6 is 0 Å². The molecule has 2 aromatic carbocycles. The van der Waals surface area contributed by atoms with E-state index in [4.69, 9.17) is 9.84 Å². The van der Waals surface area contributed by atoms with E-state index in [2.05, 4.69) is 5.32 Å². The molecule has 1 amide bonds. The first-order valence-electron chi connectivity index (χ1n) is 7.41. The monoisotopic (exact) mass is 331 g/mol. The third-order valence-corrected chi connectivity index (χ3v) is 3.41. The van der Waals surface area contributed by atoms with Gasteiger partial charge in [-0.15, -0.1) is 0 Å². The van der Waals surface area contributed by atoms with Gasteiger partial charge < -0.3 is 15.2 Å². The van der Waals surface area contributed by atoms with Crippen LogP contribution in [-0.4, -0.2) is 17.2 Å². The van der Waals surface area contributed by atoms with E-state index >= 15 is 0 Å². The van der Waals surface area contributed by atoms with Crippen molar-refractivity contribution in [1.29, 1.82) is 0 Å². The standard InChI is InChI=1S/C18H18FNO4/c1-12-7-8-14(15(19)9-12)16(10-17(21)22)20-18(23)24-11-13-5-3-2-4-6-13/h2-9,16H,10-11H2,1H3,(H,20,23)(H,21,22)/t16-/m1/s1. The first-order chi connectivity index (χ1) is 11.5. The van der Waals surface area contributed by atoms with Crippen molar-refractivity contribution in [3.63, 3.8) is 0 Å². The van der Waals surface area contributed by atoms with Gasteiger partial charge in [-0.2, -0.15) is 0 Å². The van der Waals surface area contributed by atoms with E-state index in [1.165, 1.54) is 12.1 Å². The summed E-state index contributed by atoms with van der Waals surface area (Å²) in [6, 6.07) is 12.5. The number of benzene rings is 2. The van der Waals surface area contributed by atoms with Crippen molar-refractivity contribution < 1.29 is 23.8 Å². The second-order valence-electron chi connectivity index (χ2n) is 5.38. The van der Waals surface area contributed by atoms with E-state index in [0.717, 1.165) is 5.56 Å². The number of carboxylic acid groups (broad SMARTS) is 1. The van der Waals surface area contributed by atoms with Gasteiger partial charge in [0.05, 0.1) is 12.5 Å². The quantitative estimate of drug-likeness (QED) is 0.848. The van der Waals surface area contributed by atoms with Crippen molar-refractivity contribution >= 4 is 12.1 Å². The number of halogens is 1. The molecule has 0 heterocycles. The molecule has 0 unspecified atom stereocenters. The SMILES string of the molecule is Cc1ccc([C@@H](CC(=O)O)NC(=O)OCc2ccccc2)c(F)c1. The van der Waals surface area contributed by atoms with Crippen LogP contribution in [0.5, 0.6) is 0 Å². The summed E-state index contributed by atoms with van der Waals surface area (Å²) in [4.78, 5) is 22.9. The molecular formula is C18H18FNO4. The number of carbonyl (C=O) groups is 2. The minimum atomic E-state index is -1.15. The van der Waals surface area contributed by atoms with Gasteiger partial charge in [-0.05, 0) is 24.1 Å². The van der Waals surface area contributed by atoms with E-state index in [1.54, 1.807) is 25.1 Å². The molecule has 24 heavy (non-hydrogen) atoms. The van der Waals surface area contributed by atoms with Gasteiger partial charge in [-0.25, -0.2) is 9.18 Å². The Hall–Kier alpha value is -2.89. The van der Waals surface area contributed by atoms with Crippen molar-refractivity contribution in [1.82, 2.24) is 5.32 Å². The van der Waals surface area contributed by atoms with Gasteiger partial charge >= 0.3 is 12.1 Å². The second-order valence-corrected chi connectivity index (χ2v) is 5.38. The smallest absolute Gasteiger partial charge is 0.407 e. The van der Waals surface area contributed by atoms with E-state index in [-0.39, 0.29) is 12.2 Å². The van der Waals surface area contributed by atoms with Crippen molar-refractivity contribution in [3.8, 4) is 0 Å². The van der Waals surface area contributed by atoms with Crippen LogP contribution in [-0.2, 0) is 16.1 Å². The van der Waals surface area contributed by atoms with Gasteiger partial charge in [0.15, 0.2) is 0 Å². The minimum Gasteiger partial charge on any atom is -0.481 e. The molecule has 1 atom stereocenters. The molecule has 0 saturated heterocycles. The van der Waals surface area contributed by atoms with E-state index < -0.39 is 30.3 Å². The molecule has 0 spiro atoms. The van der Waals surface area contributed by atoms with E-state index in [9.17, 15) is 14.0 Å². The van der Waals surface area contributed by atoms with Crippen molar-refractivity contribution in [2.75, 3.05) is 0 Å². The third kappa shape index (κ3) is 5.08. The summed E-state index contributed by atoms with van der Waals surface area (Å²) in [6.45, 7) is 1.77. The Bertz CT molecular complexity index is 718. The largest absolute Gasteiger partial charge is 0.481 e. The number of aliphatic carboxylic acids is 1. The Kier molecular flexibility index (Phi) is 5.89. The fraction of sp³-hybridized carbons (Fsp3) is 0.222. The summed E-state index contributed by atoms with van der Waals surface area (Å²) in [5.74, 6) is -1.71. The molecule has 0 radical (unpaired) electrons. The predicted octanol–water partition coefficient (Wildman–Crippen LogP) is 3.58. The number of alkyl carbamates (subject to hydrolysis) is 1. The molecule has 0 saturated carbocycles. The van der Waals surface area contributed by atoms with Crippen LogP contribution in [0, 0.1) is 12.7 Å². The van der Waals surface area contributed by atoms with Gasteiger partial charge in [0.25, 0.3) is 0 Å². The Balaban J connectivity index is 2.05. The van der Waals surface area contributed by atoms with Gasteiger partial charge in [0.1, 0.15) is 12.4 Å². The topological polar surface area (TPSA) is 75.6 Å². The Morgan fingerprint density at radius 2 is 1.92 bits per heavy atom. The number of hydrogen-bond donors (Lipinski definition) is 2. The number of carbonyl (C=O) groups excluding carboxylic acids is 1. The molecule has 0 aliphatic heterocycles. The predicted molar refractivity (Wildman–Crippen MR) is 85.9 cm³/mol. The number of hydrogen-bond acceptors (Lipinski definition) is 3. The van der Waals surface area contributed by atoms with Gasteiger partial charge in [0.2, 0.25) is 0 Å². The molecule has 0 aromatic heterocycles. The molecule has 2 aromatic rings. The zero-order chi connectivity index (χ0) is 17.5. The second kappa shape index (κ2) is 8.10. The van der Waals surface area contributed by atoms with Gasteiger partial charge in [0, 0.05) is 5.56 Å². The highest BCUT2D eigenvalue weighted by Gasteiger charge is 2.22. The maximum atomic E-state index is 14.1. The molecule has 5 nitrogen and oxygen atoms in total. The highest BCUT2D eigenvalue weighted by Crippen LogP contribution is 2.21. The lowest BCUT2D eigenvalue weighted by Gasteiger charge is -2.18. The lowest BCUT2D eigenvalue weighted by atomic mass is 10.0. The molecular weight excluding hydrogens is 313 g/mol.